The van der Waals surface area contributed by atoms with Gasteiger partial charge in [0.05, 0.1) is 17.6 Å². The minimum Gasteiger partial charge on any atom is -0.496 e. The molecule has 3 rings (SSSR count). The van der Waals surface area contributed by atoms with E-state index in [2.05, 4.69) is 25.8 Å². The van der Waals surface area contributed by atoms with Crippen molar-refractivity contribution < 1.29 is 17.9 Å². The fourth-order valence-electron chi connectivity index (χ4n) is 2.90. The average molecular weight is 455 g/mol. The van der Waals surface area contributed by atoms with Crippen LogP contribution in [0.15, 0.2) is 45.9 Å². The molecule has 0 atom stereocenters. The largest absolute Gasteiger partial charge is 0.496 e. The molecular formula is C17H19BrN4O4S. The van der Waals surface area contributed by atoms with Crippen molar-refractivity contribution in [1.82, 2.24) is 9.88 Å². The first kappa shape index (κ1) is 19.6. The fraction of sp³-hybridized carbons (Fsp3) is 0.294. The number of pyridine rings is 1. The number of nitrogens with zero attached hydrogens (tertiary/aromatic N) is 3. The van der Waals surface area contributed by atoms with Crippen LogP contribution < -0.4 is 14.8 Å². The monoisotopic (exact) mass is 454 g/mol. The van der Waals surface area contributed by atoms with Gasteiger partial charge in [0.25, 0.3) is 5.91 Å². The van der Waals surface area contributed by atoms with E-state index >= 15 is 0 Å². The molecule has 0 aliphatic carbocycles. The van der Waals surface area contributed by atoms with Gasteiger partial charge in [0.1, 0.15) is 11.6 Å². The third-order valence-electron chi connectivity index (χ3n) is 4.33. The molecule has 2 heterocycles. The average Bonchev–Trinajstić information content (AvgIpc) is 2.67. The van der Waals surface area contributed by atoms with Crippen LogP contribution in [0.1, 0.15) is 10.4 Å². The zero-order chi connectivity index (χ0) is 19.6. The van der Waals surface area contributed by atoms with E-state index in [0.29, 0.717) is 31.9 Å². The number of hydrogen-bond acceptors (Lipinski definition) is 6. The second-order valence-corrected chi connectivity index (χ2v) is 8.50. The number of primary sulfonamides is 1. The molecule has 0 unspecified atom stereocenters. The van der Waals surface area contributed by atoms with Crippen molar-refractivity contribution in [3.05, 3.63) is 46.6 Å². The van der Waals surface area contributed by atoms with Gasteiger partial charge in [0.15, 0.2) is 0 Å². The summed E-state index contributed by atoms with van der Waals surface area (Å²) in [7, 11) is -2.48. The molecule has 8 nitrogen and oxygen atoms in total. The first-order valence-electron chi connectivity index (χ1n) is 8.16. The topological polar surface area (TPSA) is 106 Å². The van der Waals surface area contributed by atoms with Gasteiger partial charge in [-0.1, -0.05) is 0 Å². The van der Waals surface area contributed by atoms with Crippen molar-refractivity contribution in [1.29, 1.82) is 0 Å². The summed E-state index contributed by atoms with van der Waals surface area (Å²) in [5.41, 5.74) is 0.180. The highest BCUT2D eigenvalue weighted by Crippen LogP contribution is 2.24. The Labute approximate surface area is 166 Å². The summed E-state index contributed by atoms with van der Waals surface area (Å²) in [6.45, 7) is 2.22. The molecule has 27 heavy (non-hydrogen) atoms. The van der Waals surface area contributed by atoms with E-state index in [1.54, 1.807) is 11.1 Å². The lowest BCUT2D eigenvalue weighted by Gasteiger charge is -2.35. The highest BCUT2D eigenvalue weighted by Gasteiger charge is 2.26. The predicted molar refractivity (Wildman–Crippen MR) is 104 cm³/mol. The number of amides is 1. The lowest BCUT2D eigenvalue weighted by Crippen LogP contribution is -2.49. The smallest absolute Gasteiger partial charge is 0.257 e. The Hall–Kier alpha value is -2.17. The third kappa shape index (κ3) is 4.40. The van der Waals surface area contributed by atoms with Crippen LogP contribution in [-0.4, -0.2) is 57.5 Å². The Morgan fingerprint density at radius 1 is 1.19 bits per heavy atom. The molecule has 1 aromatic heterocycles. The Morgan fingerprint density at radius 2 is 1.89 bits per heavy atom. The summed E-state index contributed by atoms with van der Waals surface area (Å²) in [5, 5.41) is 5.18. The van der Waals surface area contributed by atoms with Gasteiger partial charge in [-0.15, -0.1) is 0 Å². The van der Waals surface area contributed by atoms with Gasteiger partial charge in [-0.2, -0.15) is 0 Å². The molecule has 0 radical (unpaired) electrons. The van der Waals surface area contributed by atoms with E-state index in [0.717, 1.165) is 10.3 Å². The molecule has 0 saturated carbocycles. The van der Waals surface area contributed by atoms with Crippen molar-refractivity contribution in [3.63, 3.8) is 0 Å². The van der Waals surface area contributed by atoms with E-state index in [-0.39, 0.29) is 16.4 Å². The summed E-state index contributed by atoms with van der Waals surface area (Å²) < 4.78 is 29.3. The van der Waals surface area contributed by atoms with Gasteiger partial charge in [-0.25, -0.2) is 18.5 Å². The van der Waals surface area contributed by atoms with Crippen molar-refractivity contribution in [2.24, 2.45) is 5.14 Å². The highest BCUT2D eigenvalue weighted by molar-refractivity contribution is 9.10. The summed E-state index contributed by atoms with van der Waals surface area (Å²) in [5.74, 6) is 0.865. The molecule has 2 N–H and O–H groups in total. The summed E-state index contributed by atoms with van der Waals surface area (Å²) in [4.78, 5) is 20.9. The number of carbonyl (C=O) groups excluding carboxylic acids is 1. The maximum Gasteiger partial charge on any atom is 0.257 e. The van der Waals surface area contributed by atoms with Crippen molar-refractivity contribution in [2.45, 2.75) is 4.90 Å². The standard InChI is InChI=1S/C17H19BrN4O4S/c1-26-15-4-3-13(27(19,24)25)10-14(15)17(23)22-8-6-21(7-9-22)16-5-2-12(18)11-20-16/h2-5,10-11H,6-9H2,1H3,(H2,19,24,25). The van der Waals surface area contributed by atoms with Crippen LogP contribution in [0.3, 0.4) is 0 Å². The van der Waals surface area contributed by atoms with Crippen LogP contribution >= 0.6 is 15.9 Å². The second-order valence-electron chi connectivity index (χ2n) is 6.02. The predicted octanol–water partition coefficient (Wildman–Crippen LogP) is 1.46. The fourth-order valence-corrected chi connectivity index (χ4v) is 3.67. The van der Waals surface area contributed by atoms with Crippen LogP contribution in [0.5, 0.6) is 5.75 Å². The second kappa shape index (κ2) is 7.83. The maximum atomic E-state index is 12.9. The lowest BCUT2D eigenvalue weighted by molar-refractivity contribution is 0.0743. The van der Waals surface area contributed by atoms with Crippen molar-refractivity contribution in [3.8, 4) is 5.75 Å². The Kier molecular flexibility index (Phi) is 5.68. The van der Waals surface area contributed by atoms with E-state index in [4.69, 9.17) is 9.88 Å². The van der Waals surface area contributed by atoms with Gasteiger partial charge in [-0.3, -0.25) is 4.79 Å². The van der Waals surface area contributed by atoms with Gasteiger partial charge < -0.3 is 14.5 Å². The van der Waals surface area contributed by atoms with Crippen LogP contribution in [0.4, 0.5) is 5.82 Å². The Balaban J connectivity index is 1.76. The molecule has 0 spiro atoms. The zero-order valence-electron chi connectivity index (χ0n) is 14.6. The molecule has 2 aromatic rings. The number of anilines is 1. The lowest BCUT2D eigenvalue weighted by atomic mass is 10.1. The van der Waals surface area contributed by atoms with Crippen LogP contribution in [0.25, 0.3) is 0 Å². The first-order valence-corrected chi connectivity index (χ1v) is 10.5. The maximum absolute atomic E-state index is 12.9. The van der Waals surface area contributed by atoms with Gasteiger partial charge in [0.2, 0.25) is 10.0 Å². The molecule has 1 aliphatic heterocycles. The molecule has 1 aromatic carbocycles. The molecule has 1 aliphatic rings. The molecule has 10 heteroatoms. The number of piperazine rings is 1. The van der Waals surface area contributed by atoms with Crippen LogP contribution in [0.2, 0.25) is 0 Å². The number of sulfonamides is 1. The Bertz CT molecular complexity index is 942. The number of ether oxygens (including phenoxy) is 1. The number of rotatable bonds is 4. The van der Waals surface area contributed by atoms with Crippen molar-refractivity contribution >= 4 is 37.7 Å². The Morgan fingerprint density at radius 3 is 2.44 bits per heavy atom. The number of methoxy groups -OCH3 is 1. The molecule has 1 fully saturated rings. The third-order valence-corrected chi connectivity index (χ3v) is 5.71. The van der Waals surface area contributed by atoms with Gasteiger partial charge in [-0.05, 0) is 46.3 Å². The highest BCUT2D eigenvalue weighted by atomic mass is 79.9. The van der Waals surface area contributed by atoms with E-state index in [9.17, 15) is 13.2 Å². The molecule has 1 amide bonds. The normalized spacial score (nSPS) is 14.9. The van der Waals surface area contributed by atoms with Crippen molar-refractivity contribution in [2.75, 3.05) is 38.2 Å². The number of carbonyl (C=O) groups is 1. The van der Waals surface area contributed by atoms with Crippen LogP contribution in [-0.2, 0) is 10.0 Å². The molecule has 1 saturated heterocycles. The van der Waals surface area contributed by atoms with E-state index in [1.165, 1.54) is 25.3 Å². The summed E-state index contributed by atoms with van der Waals surface area (Å²) in [6.07, 6.45) is 1.73. The summed E-state index contributed by atoms with van der Waals surface area (Å²) >= 11 is 3.36. The number of nitrogens with two attached hydrogens (primary N) is 1. The zero-order valence-corrected chi connectivity index (χ0v) is 17.0. The van der Waals surface area contributed by atoms with Gasteiger partial charge in [0, 0.05) is 36.8 Å². The SMILES string of the molecule is COc1ccc(S(N)(=O)=O)cc1C(=O)N1CCN(c2ccc(Br)cn2)CC1. The quantitative estimate of drug-likeness (QED) is 0.749. The number of aromatic nitrogens is 1. The number of halogens is 1. The first-order chi connectivity index (χ1) is 12.8. The number of hydrogen-bond donors (Lipinski definition) is 1. The van der Waals surface area contributed by atoms with Gasteiger partial charge >= 0.3 is 0 Å². The minimum absolute atomic E-state index is 0.121. The van der Waals surface area contributed by atoms with E-state index < -0.39 is 10.0 Å². The van der Waals surface area contributed by atoms with Crippen LogP contribution in [0, 0.1) is 0 Å². The minimum atomic E-state index is -3.91. The number of benzene rings is 1. The van der Waals surface area contributed by atoms with E-state index in [1.807, 2.05) is 12.1 Å². The summed E-state index contributed by atoms with van der Waals surface area (Å²) in [6, 6.07) is 7.86. The molecular weight excluding hydrogens is 436 g/mol. The molecule has 144 valence electrons. The molecule has 0 bridgehead atoms.